The molecule has 1 N–H and O–H groups in total. The third-order valence-electron chi connectivity index (χ3n) is 5.48. The molecule has 1 aromatic carbocycles. The van der Waals surface area contributed by atoms with Crippen molar-refractivity contribution >= 4 is 23.2 Å². The van der Waals surface area contributed by atoms with Gasteiger partial charge in [0.25, 0.3) is 5.91 Å². The first kappa shape index (κ1) is 18.2. The number of carbonyl (C=O) groups excluding carboxylic acids is 2. The predicted molar refractivity (Wildman–Crippen MR) is 107 cm³/mol. The van der Waals surface area contributed by atoms with E-state index in [4.69, 9.17) is 0 Å². The minimum atomic E-state index is -0.00925. The molecular weight excluding hydrogens is 358 g/mol. The Hall–Kier alpha value is -2.18. The number of hydrogen-bond donors (Lipinski definition) is 1. The van der Waals surface area contributed by atoms with Crippen LogP contribution in [0.2, 0.25) is 0 Å². The molecule has 0 atom stereocenters. The summed E-state index contributed by atoms with van der Waals surface area (Å²) >= 11 is 1.80. The number of benzene rings is 1. The summed E-state index contributed by atoms with van der Waals surface area (Å²) in [6.07, 6.45) is 2.76. The number of piperidine rings is 1. The maximum Gasteiger partial charge on any atom is 0.251 e. The van der Waals surface area contributed by atoms with E-state index in [0.29, 0.717) is 12.1 Å². The average molecular weight is 384 g/mol. The molecule has 6 heteroatoms. The van der Waals surface area contributed by atoms with Gasteiger partial charge in [-0.2, -0.15) is 0 Å². The number of rotatable bonds is 4. The molecule has 0 bridgehead atoms. The molecule has 0 unspecified atom stereocenters. The topological polar surface area (TPSA) is 52.7 Å². The van der Waals surface area contributed by atoms with Crippen molar-refractivity contribution in [2.75, 3.05) is 26.2 Å². The third kappa shape index (κ3) is 4.39. The summed E-state index contributed by atoms with van der Waals surface area (Å²) in [7, 11) is 0. The smallest absolute Gasteiger partial charge is 0.251 e. The van der Waals surface area contributed by atoms with E-state index < -0.39 is 0 Å². The van der Waals surface area contributed by atoms with Crippen molar-refractivity contribution in [1.29, 1.82) is 0 Å². The summed E-state index contributed by atoms with van der Waals surface area (Å²) in [6, 6.07) is 11.7. The predicted octanol–water partition coefficient (Wildman–Crippen LogP) is 2.53. The molecule has 2 amide bonds. The van der Waals surface area contributed by atoms with Crippen LogP contribution >= 0.6 is 11.3 Å². The van der Waals surface area contributed by atoms with E-state index in [0.717, 1.165) is 45.4 Å². The van der Waals surface area contributed by atoms with Gasteiger partial charge in [0.2, 0.25) is 5.91 Å². The van der Waals surface area contributed by atoms with E-state index in [2.05, 4.69) is 21.7 Å². The Morgan fingerprint density at radius 2 is 1.85 bits per heavy atom. The molecule has 27 heavy (non-hydrogen) atoms. The third-order valence-corrected chi connectivity index (χ3v) is 6.50. The molecule has 2 aliphatic rings. The van der Waals surface area contributed by atoms with Gasteiger partial charge in [0.1, 0.15) is 0 Å². The maximum absolute atomic E-state index is 12.7. The fraction of sp³-hybridized carbons (Fsp3) is 0.429. The molecule has 1 saturated heterocycles. The second kappa shape index (κ2) is 8.23. The first-order valence-electron chi connectivity index (χ1n) is 9.60. The first-order valence-corrected chi connectivity index (χ1v) is 10.5. The normalized spacial score (nSPS) is 18.1. The van der Waals surface area contributed by atoms with Crippen LogP contribution in [0, 0.1) is 0 Å². The van der Waals surface area contributed by atoms with E-state index in [9.17, 15) is 9.59 Å². The van der Waals surface area contributed by atoms with Gasteiger partial charge in [-0.3, -0.25) is 14.5 Å². The lowest BCUT2D eigenvalue weighted by Crippen LogP contribution is -2.48. The zero-order valence-corrected chi connectivity index (χ0v) is 16.2. The quantitative estimate of drug-likeness (QED) is 0.883. The van der Waals surface area contributed by atoms with Gasteiger partial charge < -0.3 is 10.2 Å². The Morgan fingerprint density at radius 3 is 2.63 bits per heavy atom. The number of nitrogens with zero attached hydrogens (tertiary/aromatic N) is 2. The minimum Gasteiger partial charge on any atom is -0.349 e. The van der Waals surface area contributed by atoms with Gasteiger partial charge in [-0.1, -0.05) is 18.2 Å². The molecule has 4 rings (SSSR count). The molecule has 1 fully saturated rings. The van der Waals surface area contributed by atoms with Gasteiger partial charge in [-0.05, 0) is 48.4 Å². The van der Waals surface area contributed by atoms with E-state index in [1.165, 1.54) is 10.4 Å². The molecule has 142 valence electrons. The lowest BCUT2D eigenvalue weighted by Gasteiger charge is -2.34. The molecule has 3 heterocycles. The van der Waals surface area contributed by atoms with E-state index in [1.807, 2.05) is 35.2 Å². The van der Waals surface area contributed by atoms with Crippen molar-refractivity contribution in [2.45, 2.75) is 31.8 Å². The standard InChI is InChI=1S/C21H25N3O2S/c25-20(24-12-8-19-17(14-24)9-13-27-19)15-23-10-6-18(7-11-23)22-21(26)16-4-2-1-3-5-16/h1-5,9,13,18H,6-8,10-12,14-15H2,(H,22,26). The molecule has 0 radical (unpaired) electrons. The van der Waals surface area contributed by atoms with Gasteiger partial charge in [-0.15, -0.1) is 11.3 Å². The monoisotopic (exact) mass is 383 g/mol. The van der Waals surface area contributed by atoms with Crippen LogP contribution in [0.4, 0.5) is 0 Å². The SMILES string of the molecule is O=C(NC1CCN(CC(=O)N2CCc3sccc3C2)CC1)c1ccccc1. The molecule has 2 aliphatic heterocycles. The Labute approximate surface area is 164 Å². The highest BCUT2D eigenvalue weighted by molar-refractivity contribution is 7.10. The average Bonchev–Trinajstić information content (AvgIpc) is 3.18. The van der Waals surface area contributed by atoms with Gasteiger partial charge >= 0.3 is 0 Å². The maximum atomic E-state index is 12.7. The van der Waals surface area contributed by atoms with Crippen LogP contribution in [0.1, 0.15) is 33.6 Å². The second-order valence-electron chi connectivity index (χ2n) is 7.32. The summed E-state index contributed by atoms with van der Waals surface area (Å²) < 4.78 is 0. The summed E-state index contributed by atoms with van der Waals surface area (Å²) in [4.78, 5) is 30.6. The minimum absolute atomic E-state index is 0.00925. The van der Waals surface area contributed by atoms with Crippen molar-refractivity contribution < 1.29 is 9.59 Å². The Balaban J connectivity index is 1.23. The van der Waals surface area contributed by atoms with Gasteiger partial charge in [0.15, 0.2) is 0 Å². The van der Waals surface area contributed by atoms with Gasteiger partial charge in [-0.25, -0.2) is 0 Å². The van der Waals surface area contributed by atoms with Gasteiger partial charge in [0, 0.05) is 42.7 Å². The number of fused-ring (bicyclic) bond motifs is 1. The van der Waals surface area contributed by atoms with Crippen LogP contribution in [-0.4, -0.2) is 53.8 Å². The van der Waals surface area contributed by atoms with Crippen LogP contribution in [0.5, 0.6) is 0 Å². The highest BCUT2D eigenvalue weighted by atomic mass is 32.1. The van der Waals surface area contributed by atoms with Crippen molar-refractivity contribution in [3.8, 4) is 0 Å². The van der Waals surface area contributed by atoms with E-state index in [1.54, 1.807) is 11.3 Å². The fourth-order valence-electron chi connectivity index (χ4n) is 3.85. The van der Waals surface area contributed by atoms with Crippen molar-refractivity contribution in [1.82, 2.24) is 15.1 Å². The Morgan fingerprint density at radius 1 is 1.07 bits per heavy atom. The largest absolute Gasteiger partial charge is 0.349 e. The van der Waals surface area contributed by atoms with E-state index >= 15 is 0 Å². The van der Waals surface area contributed by atoms with Crippen LogP contribution in [0.3, 0.4) is 0 Å². The first-order chi connectivity index (χ1) is 13.2. The highest BCUT2D eigenvalue weighted by Gasteiger charge is 2.26. The highest BCUT2D eigenvalue weighted by Crippen LogP contribution is 2.24. The summed E-state index contributed by atoms with van der Waals surface area (Å²) in [5.74, 6) is 0.212. The molecular formula is C21H25N3O2S. The molecule has 2 aromatic rings. The van der Waals surface area contributed by atoms with Crippen LogP contribution in [0.25, 0.3) is 0 Å². The number of hydrogen-bond acceptors (Lipinski definition) is 4. The zero-order valence-electron chi connectivity index (χ0n) is 15.4. The molecule has 0 spiro atoms. The Kier molecular flexibility index (Phi) is 5.55. The van der Waals surface area contributed by atoms with Crippen LogP contribution in [0.15, 0.2) is 41.8 Å². The lowest BCUT2D eigenvalue weighted by molar-refractivity contribution is -0.133. The molecule has 0 saturated carbocycles. The number of likely N-dealkylation sites (tertiary alicyclic amines) is 1. The second-order valence-corrected chi connectivity index (χ2v) is 8.32. The molecule has 5 nitrogen and oxygen atoms in total. The van der Waals surface area contributed by atoms with Crippen molar-refractivity contribution in [2.24, 2.45) is 0 Å². The molecule has 0 aliphatic carbocycles. The zero-order chi connectivity index (χ0) is 18.6. The Bertz CT molecular complexity index is 797. The van der Waals surface area contributed by atoms with Crippen LogP contribution < -0.4 is 5.32 Å². The van der Waals surface area contributed by atoms with Gasteiger partial charge in [0.05, 0.1) is 6.54 Å². The van der Waals surface area contributed by atoms with Crippen molar-refractivity contribution in [3.63, 3.8) is 0 Å². The fourth-order valence-corrected chi connectivity index (χ4v) is 4.74. The summed E-state index contributed by atoms with van der Waals surface area (Å²) in [5.41, 5.74) is 2.01. The molecule has 1 aromatic heterocycles. The van der Waals surface area contributed by atoms with Crippen molar-refractivity contribution in [3.05, 3.63) is 57.8 Å². The summed E-state index contributed by atoms with van der Waals surface area (Å²) in [5, 5.41) is 5.24. The number of carbonyl (C=O) groups is 2. The number of thiophene rings is 1. The lowest BCUT2D eigenvalue weighted by atomic mass is 10.0. The number of amides is 2. The van der Waals surface area contributed by atoms with E-state index in [-0.39, 0.29) is 17.9 Å². The number of nitrogens with one attached hydrogen (secondary N) is 1. The summed E-state index contributed by atoms with van der Waals surface area (Å²) in [6.45, 7) is 3.77. The van der Waals surface area contributed by atoms with Crippen LogP contribution in [-0.2, 0) is 17.8 Å².